The number of aromatic nitrogens is 2. The molecule has 194 valence electrons. The van der Waals surface area contributed by atoms with E-state index in [1.54, 1.807) is 43.3 Å². The number of hydrogen-bond donors (Lipinski definition) is 3. The number of nitrogens with zero attached hydrogens (tertiary/aromatic N) is 1. The molecule has 0 fully saturated rings. The molecule has 0 saturated heterocycles. The molecule has 1 heterocycles. The minimum absolute atomic E-state index is 0.0434. The van der Waals surface area contributed by atoms with Crippen LogP contribution in [0.25, 0.3) is 27.6 Å². The lowest BCUT2D eigenvalue weighted by atomic mass is 9.98. The van der Waals surface area contributed by atoms with Crippen molar-refractivity contribution in [1.29, 1.82) is 0 Å². The highest BCUT2D eigenvalue weighted by Gasteiger charge is 2.23. The Hall–Kier alpha value is -4.70. The SMILES string of the molecule is COc1ccc(S(=O)(=O)Nc2cc(-c3c(C)[nH]n(-c4ccccc4)c3=O)c(O)c3ccccc23)cc1OC. The molecule has 5 rings (SSSR count). The number of methoxy groups -OCH3 is 2. The van der Waals surface area contributed by atoms with E-state index in [9.17, 15) is 18.3 Å². The van der Waals surface area contributed by atoms with E-state index in [4.69, 9.17) is 9.47 Å². The Kier molecular flexibility index (Phi) is 6.33. The molecular formula is C28H25N3O6S. The normalized spacial score (nSPS) is 11.4. The van der Waals surface area contributed by atoms with E-state index < -0.39 is 10.0 Å². The fourth-order valence-corrected chi connectivity index (χ4v) is 5.53. The maximum Gasteiger partial charge on any atom is 0.279 e. The van der Waals surface area contributed by atoms with Crippen molar-refractivity contribution in [3.8, 4) is 34.1 Å². The van der Waals surface area contributed by atoms with Gasteiger partial charge in [0.25, 0.3) is 15.6 Å². The molecule has 0 saturated carbocycles. The molecule has 38 heavy (non-hydrogen) atoms. The number of nitrogens with one attached hydrogen (secondary N) is 2. The Balaban J connectivity index is 1.68. The van der Waals surface area contributed by atoms with Crippen molar-refractivity contribution in [3.63, 3.8) is 0 Å². The highest BCUT2D eigenvalue weighted by Crippen LogP contribution is 2.41. The number of aromatic amines is 1. The van der Waals surface area contributed by atoms with Gasteiger partial charge in [0.15, 0.2) is 11.5 Å². The molecule has 10 heteroatoms. The third-order valence-electron chi connectivity index (χ3n) is 6.28. The van der Waals surface area contributed by atoms with E-state index in [0.717, 1.165) is 0 Å². The third-order valence-corrected chi connectivity index (χ3v) is 7.64. The lowest BCUT2D eigenvalue weighted by molar-refractivity contribution is 0.354. The number of rotatable bonds is 7. The summed E-state index contributed by atoms with van der Waals surface area (Å²) in [6.45, 7) is 1.72. The highest BCUT2D eigenvalue weighted by molar-refractivity contribution is 7.92. The summed E-state index contributed by atoms with van der Waals surface area (Å²) < 4.78 is 41.3. The molecule has 1 aromatic heterocycles. The van der Waals surface area contributed by atoms with Crippen molar-refractivity contribution in [1.82, 2.24) is 9.78 Å². The van der Waals surface area contributed by atoms with E-state index in [1.165, 1.54) is 43.2 Å². The van der Waals surface area contributed by atoms with Crippen LogP contribution in [-0.2, 0) is 10.0 Å². The summed E-state index contributed by atoms with van der Waals surface area (Å²) in [6.07, 6.45) is 0. The number of anilines is 1. The first kappa shape index (κ1) is 25.0. The minimum atomic E-state index is -4.09. The second kappa shape index (κ2) is 9.64. The number of ether oxygens (including phenoxy) is 2. The quantitative estimate of drug-likeness (QED) is 0.259. The molecule has 0 aliphatic carbocycles. The molecule has 0 radical (unpaired) electrons. The summed E-state index contributed by atoms with van der Waals surface area (Å²) in [5.74, 6) is 0.520. The first-order valence-corrected chi connectivity index (χ1v) is 13.1. The van der Waals surface area contributed by atoms with E-state index in [-0.39, 0.29) is 38.8 Å². The van der Waals surface area contributed by atoms with Crippen LogP contribution in [0.15, 0.2) is 88.6 Å². The highest BCUT2D eigenvalue weighted by atomic mass is 32.2. The fourth-order valence-electron chi connectivity index (χ4n) is 4.45. The zero-order valence-corrected chi connectivity index (χ0v) is 21.7. The van der Waals surface area contributed by atoms with Crippen LogP contribution in [0.1, 0.15) is 5.69 Å². The first-order chi connectivity index (χ1) is 18.2. The Morgan fingerprint density at radius 1 is 0.868 bits per heavy atom. The number of sulfonamides is 1. The molecule has 4 aromatic carbocycles. The molecule has 5 aromatic rings. The monoisotopic (exact) mass is 531 g/mol. The van der Waals surface area contributed by atoms with Gasteiger partial charge in [0.1, 0.15) is 5.75 Å². The second-order valence-electron chi connectivity index (χ2n) is 8.58. The number of hydrogen-bond acceptors (Lipinski definition) is 6. The van der Waals surface area contributed by atoms with Gasteiger partial charge in [0.2, 0.25) is 0 Å². The lowest BCUT2D eigenvalue weighted by Crippen LogP contribution is -2.16. The average molecular weight is 532 g/mol. The van der Waals surface area contributed by atoms with Crippen molar-refractivity contribution in [2.45, 2.75) is 11.8 Å². The van der Waals surface area contributed by atoms with Crippen LogP contribution >= 0.6 is 0 Å². The summed E-state index contributed by atoms with van der Waals surface area (Å²) in [5, 5.41) is 15.1. The van der Waals surface area contributed by atoms with Crippen LogP contribution in [-0.4, -0.2) is 37.5 Å². The number of aromatic hydroxyl groups is 1. The average Bonchev–Trinajstić information content (AvgIpc) is 3.23. The molecule has 0 aliphatic heterocycles. The van der Waals surface area contributed by atoms with Gasteiger partial charge >= 0.3 is 0 Å². The fraction of sp³-hybridized carbons (Fsp3) is 0.107. The van der Waals surface area contributed by atoms with Gasteiger partial charge in [0.05, 0.1) is 36.1 Å². The Morgan fingerprint density at radius 2 is 1.53 bits per heavy atom. The van der Waals surface area contributed by atoms with Gasteiger partial charge in [-0.15, -0.1) is 0 Å². The van der Waals surface area contributed by atoms with Crippen molar-refractivity contribution in [2.75, 3.05) is 18.9 Å². The van der Waals surface area contributed by atoms with Crippen LogP contribution in [0.3, 0.4) is 0 Å². The number of phenols is 1. The summed E-state index contributed by atoms with van der Waals surface area (Å²) in [6, 6.07) is 21.6. The van der Waals surface area contributed by atoms with Crippen molar-refractivity contribution in [3.05, 3.63) is 94.9 Å². The lowest BCUT2D eigenvalue weighted by Gasteiger charge is -2.15. The Morgan fingerprint density at radius 3 is 2.21 bits per heavy atom. The van der Waals surface area contributed by atoms with E-state index in [1.807, 2.05) is 18.2 Å². The molecule has 0 unspecified atom stereocenters. The summed E-state index contributed by atoms with van der Waals surface area (Å²) >= 11 is 0. The standard InChI is InChI=1S/C28H25N3O6S/c1-17-26(28(33)31(29-17)18-9-5-4-6-10-18)22-16-23(20-11-7-8-12-21(20)27(22)32)30-38(34,35)19-13-14-24(36-2)25(15-19)37-3/h4-16,29-30,32H,1-3H3. The van der Waals surface area contributed by atoms with Gasteiger partial charge in [-0.05, 0) is 37.3 Å². The molecule has 3 N–H and O–H groups in total. The predicted octanol–water partition coefficient (Wildman–Crippen LogP) is 4.82. The van der Waals surface area contributed by atoms with Crippen LogP contribution in [0.5, 0.6) is 17.2 Å². The van der Waals surface area contributed by atoms with Crippen LogP contribution < -0.4 is 19.8 Å². The number of para-hydroxylation sites is 1. The van der Waals surface area contributed by atoms with Gasteiger partial charge in [-0.2, -0.15) is 0 Å². The van der Waals surface area contributed by atoms with E-state index in [0.29, 0.717) is 27.9 Å². The topological polar surface area (TPSA) is 123 Å². The van der Waals surface area contributed by atoms with Gasteiger partial charge in [0, 0.05) is 28.1 Å². The summed E-state index contributed by atoms with van der Waals surface area (Å²) in [7, 11) is -1.21. The number of benzene rings is 4. The van der Waals surface area contributed by atoms with Crippen LogP contribution in [0, 0.1) is 6.92 Å². The summed E-state index contributed by atoms with van der Waals surface area (Å²) in [5.41, 5.74) is 1.38. The van der Waals surface area contributed by atoms with Crippen LogP contribution in [0.2, 0.25) is 0 Å². The largest absolute Gasteiger partial charge is 0.507 e. The Bertz CT molecular complexity index is 1830. The maximum atomic E-state index is 13.5. The molecule has 9 nitrogen and oxygen atoms in total. The van der Waals surface area contributed by atoms with Gasteiger partial charge in [-0.25, -0.2) is 13.1 Å². The van der Waals surface area contributed by atoms with Crippen molar-refractivity contribution < 1.29 is 23.0 Å². The third kappa shape index (κ3) is 4.24. The molecule has 0 amide bonds. The first-order valence-electron chi connectivity index (χ1n) is 11.6. The zero-order valence-electron chi connectivity index (χ0n) is 20.8. The van der Waals surface area contributed by atoms with E-state index in [2.05, 4.69) is 9.82 Å². The number of H-pyrrole nitrogens is 1. The second-order valence-corrected chi connectivity index (χ2v) is 10.3. The van der Waals surface area contributed by atoms with Crippen molar-refractivity contribution >= 4 is 26.5 Å². The molecule has 0 spiro atoms. The van der Waals surface area contributed by atoms with E-state index >= 15 is 0 Å². The van der Waals surface area contributed by atoms with Crippen LogP contribution in [0.4, 0.5) is 5.69 Å². The summed E-state index contributed by atoms with van der Waals surface area (Å²) in [4.78, 5) is 13.4. The molecule has 0 atom stereocenters. The Labute approximate surface area is 218 Å². The predicted molar refractivity (Wildman–Crippen MR) is 146 cm³/mol. The van der Waals surface area contributed by atoms with Crippen molar-refractivity contribution in [2.24, 2.45) is 0 Å². The van der Waals surface area contributed by atoms with Gasteiger partial charge in [-0.3, -0.25) is 14.6 Å². The smallest absolute Gasteiger partial charge is 0.279 e. The number of fused-ring (bicyclic) bond motifs is 1. The zero-order chi connectivity index (χ0) is 27.0. The molecule has 0 bridgehead atoms. The number of phenolic OH excluding ortho intramolecular Hbond substituents is 1. The molecule has 0 aliphatic rings. The minimum Gasteiger partial charge on any atom is -0.507 e. The molecular weight excluding hydrogens is 506 g/mol. The maximum absolute atomic E-state index is 13.5. The van der Waals surface area contributed by atoms with Gasteiger partial charge < -0.3 is 14.6 Å². The number of aryl methyl sites for hydroxylation is 1. The van der Waals surface area contributed by atoms with Gasteiger partial charge in [-0.1, -0.05) is 42.5 Å².